The predicted octanol–water partition coefficient (Wildman–Crippen LogP) is 1.26. The Balaban J connectivity index is 2.39. The highest BCUT2D eigenvalue weighted by Gasteiger charge is 2.11. The second-order valence-electron chi connectivity index (χ2n) is 3.73. The molecule has 14 heavy (non-hydrogen) atoms. The fraction of sp³-hybridized carbons (Fsp3) is 0.700. The van der Waals surface area contributed by atoms with Crippen molar-refractivity contribution in [2.24, 2.45) is 5.92 Å². The van der Waals surface area contributed by atoms with E-state index in [1.165, 1.54) is 0 Å². The van der Waals surface area contributed by atoms with Crippen LogP contribution in [0.25, 0.3) is 0 Å². The van der Waals surface area contributed by atoms with Crippen LogP contribution in [0.15, 0.2) is 10.6 Å². The zero-order valence-corrected chi connectivity index (χ0v) is 8.95. The molecule has 0 radical (unpaired) electrons. The Morgan fingerprint density at radius 3 is 2.79 bits per heavy atom. The van der Waals surface area contributed by atoms with Crippen LogP contribution in [0.5, 0.6) is 0 Å². The lowest BCUT2D eigenvalue weighted by Crippen LogP contribution is -2.26. The first kappa shape index (κ1) is 11.2. The van der Waals surface area contributed by atoms with Crippen LogP contribution in [0, 0.1) is 12.8 Å². The topological polar surface area (TPSA) is 58.3 Å². The fourth-order valence-electron chi connectivity index (χ4n) is 1.10. The summed E-state index contributed by atoms with van der Waals surface area (Å²) in [7, 11) is 0. The number of hydrogen-bond donors (Lipinski definition) is 2. The van der Waals surface area contributed by atoms with Crippen LogP contribution in [-0.2, 0) is 0 Å². The number of oxazole rings is 1. The molecule has 1 heterocycles. The highest BCUT2D eigenvalue weighted by Crippen LogP contribution is 2.11. The van der Waals surface area contributed by atoms with Gasteiger partial charge < -0.3 is 14.8 Å². The molecule has 4 heteroatoms. The maximum Gasteiger partial charge on any atom is 0.211 e. The maximum absolute atomic E-state index is 8.84. The van der Waals surface area contributed by atoms with Crippen molar-refractivity contribution in [2.45, 2.75) is 26.8 Å². The van der Waals surface area contributed by atoms with Crippen molar-refractivity contribution >= 4 is 0 Å². The lowest BCUT2D eigenvalue weighted by atomic mass is 10.2. The molecule has 2 atom stereocenters. The third-order valence-corrected chi connectivity index (χ3v) is 2.09. The van der Waals surface area contributed by atoms with Crippen LogP contribution in [0.4, 0.5) is 0 Å². The molecule has 0 amide bonds. The number of aromatic nitrogens is 1. The summed E-state index contributed by atoms with van der Waals surface area (Å²) in [5.41, 5.74) is 0. The van der Waals surface area contributed by atoms with E-state index in [9.17, 15) is 0 Å². The summed E-state index contributed by atoms with van der Waals surface area (Å²) in [5, 5.41) is 12.1. The van der Waals surface area contributed by atoms with Gasteiger partial charge in [0.1, 0.15) is 5.76 Å². The van der Waals surface area contributed by atoms with Crippen molar-refractivity contribution < 1.29 is 9.52 Å². The van der Waals surface area contributed by atoms with Gasteiger partial charge in [-0.3, -0.25) is 0 Å². The molecule has 4 nitrogen and oxygen atoms in total. The van der Waals surface area contributed by atoms with E-state index in [1.807, 2.05) is 20.8 Å². The Kier molecular flexibility index (Phi) is 4.10. The van der Waals surface area contributed by atoms with E-state index in [0.717, 1.165) is 12.3 Å². The maximum atomic E-state index is 8.84. The van der Waals surface area contributed by atoms with E-state index in [1.54, 1.807) is 6.20 Å². The summed E-state index contributed by atoms with van der Waals surface area (Å²) in [6, 6.07) is 0.0951. The van der Waals surface area contributed by atoms with Gasteiger partial charge in [0.15, 0.2) is 0 Å². The van der Waals surface area contributed by atoms with E-state index in [-0.39, 0.29) is 18.6 Å². The van der Waals surface area contributed by atoms with Crippen molar-refractivity contribution in [2.75, 3.05) is 13.2 Å². The minimum Gasteiger partial charge on any atom is -0.444 e. The molecule has 0 fully saturated rings. The SMILES string of the molecule is Cc1cnc(C(C)NCC(C)CO)o1. The highest BCUT2D eigenvalue weighted by atomic mass is 16.4. The van der Waals surface area contributed by atoms with Crippen LogP contribution in [0.3, 0.4) is 0 Å². The Morgan fingerprint density at radius 2 is 2.29 bits per heavy atom. The van der Waals surface area contributed by atoms with Crippen molar-refractivity contribution in [3.05, 3.63) is 17.8 Å². The molecule has 2 unspecified atom stereocenters. The van der Waals surface area contributed by atoms with Gasteiger partial charge in [-0.15, -0.1) is 0 Å². The minimum absolute atomic E-state index is 0.0951. The lowest BCUT2D eigenvalue weighted by Gasteiger charge is -2.13. The van der Waals surface area contributed by atoms with Crippen LogP contribution in [0.1, 0.15) is 31.5 Å². The third kappa shape index (κ3) is 3.12. The van der Waals surface area contributed by atoms with E-state index in [2.05, 4.69) is 10.3 Å². The first-order valence-corrected chi connectivity index (χ1v) is 4.90. The molecule has 0 aliphatic rings. The first-order valence-electron chi connectivity index (χ1n) is 4.90. The average molecular weight is 198 g/mol. The molecule has 0 aliphatic carbocycles. The van der Waals surface area contributed by atoms with Gasteiger partial charge in [0.25, 0.3) is 0 Å². The molecule has 0 bridgehead atoms. The predicted molar refractivity (Wildman–Crippen MR) is 53.9 cm³/mol. The molecule has 1 rings (SSSR count). The largest absolute Gasteiger partial charge is 0.444 e. The van der Waals surface area contributed by atoms with Gasteiger partial charge >= 0.3 is 0 Å². The van der Waals surface area contributed by atoms with Crippen molar-refractivity contribution in [3.8, 4) is 0 Å². The number of rotatable bonds is 5. The molecule has 1 aromatic rings. The van der Waals surface area contributed by atoms with E-state index >= 15 is 0 Å². The van der Waals surface area contributed by atoms with Crippen LogP contribution in [0.2, 0.25) is 0 Å². The zero-order chi connectivity index (χ0) is 10.6. The molecule has 2 N–H and O–H groups in total. The molecule has 0 saturated carbocycles. The quantitative estimate of drug-likeness (QED) is 0.748. The van der Waals surface area contributed by atoms with Crippen LogP contribution >= 0.6 is 0 Å². The smallest absolute Gasteiger partial charge is 0.211 e. The summed E-state index contributed by atoms with van der Waals surface area (Å²) in [5.74, 6) is 1.78. The van der Waals surface area contributed by atoms with Gasteiger partial charge in [-0.25, -0.2) is 4.98 Å². The normalized spacial score (nSPS) is 15.4. The number of hydrogen-bond acceptors (Lipinski definition) is 4. The Morgan fingerprint density at radius 1 is 1.57 bits per heavy atom. The summed E-state index contributed by atoms with van der Waals surface area (Å²) in [6.45, 7) is 6.82. The molecule has 80 valence electrons. The Hall–Kier alpha value is -0.870. The standard InChI is InChI=1S/C10H18N2O2/c1-7(6-13)4-11-9(3)10-12-5-8(2)14-10/h5,7,9,11,13H,4,6H2,1-3H3. The number of aryl methyl sites for hydroxylation is 1. The molecule has 0 aliphatic heterocycles. The number of nitrogens with one attached hydrogen (secondary N) is 1. The Bertz CT molecular complexity index is 273. The van der Waals surface area contributed by atoms with Gasteiger partial charge in [-0.2, -0.15) is 0 Å². The van der Waals surface area contributed by atoms with Gasteiger partial charge in [0.2, 0.25) is 5.89 Å². The Labute approximate surface area is 84.3 Å². The van der Waals surface area contributed by atoms with Crippen molar-refractivity contribution in [1.29, 1.82) is 0 Å². The summed E-state index contributed by atoms with van der Waals surface area (Å²) in [6.07, 6.45) is 1.71. The van der Waals surface area contributed by atoms with E-state index in [4.69, 9.17) is 9.52 Å². The number of nitrogens with zero attached hydrogens (tertiary/aromatic N) is 1. The molecule has 0 aromatic carbocycles. The summed E-state index contributed by atoms with van der Waals surface area (Å²) in [4.78, 5) is 4.13. The first-order chi connectivity index (χ1) is 6.63. The van der Waals surface area contributed by atoms with Crippen LogP contribution < -0.4 is 5.32 Å². The zero-order valence-electron chi connectivity index (χ0n) is 8.95. The van der Waals surface area contributed by atoms with E-state index in [0.29, 0.717) is 5.89 Å². The molecule has 0 saturated heterocycles. The fourth-order valence-corrected chi connectivity index (χ4v) is 1.10. The van der Waals surface area contributed by atoms with Crippen molar-refractivity contribution in [3.63, 3.8) is 0 Å². The second-order valence-corrected chi connectivity index (χ2v) is 3.73. The summed E-state index contributed by atoms with van der Waals surface area (Å²) >= 11 is 0. The van der Waals surface area contributed by atoms with Crippen molar-refractivity contribution in [1.82, 2.24) is 10.3 Å². The molecule has 1 aromatic heterocycles. The monoisotopic (exact) mass is 198 g/mol. The molecular weight excluding hydrogens is 180 g/mol. The lowest BCUT2D eigenvalue weighted by molar-refractivity contribution is 0.228. The second kappa shape index (κ2) is 5.12. The highest BCUT2D eigenvalue weighted by molar-refractivity contribution is 4.94. The average Bonchev–Trinajstić information content (AvgIpc) is 2.60. The number of aliphatic hydroxyl groups is 1. The number of aliphatic hydroxyl groups excluding tert-OH is 1. The molecule has 0 spiro atoms. The van der Waals surface area contributed by atoms with Gasteiger partial charge in [0, 0.05) is 13.2 Å². The third-order valence-electron chi connectivity index (χ3n) is 2.09. The van der Waals surface area contributed by atoms with E-state index < -0.39 is 0 Å². The van der Waals surface area contributed by atoms with Gasteiger partial charge in [-0.05, 0) is 19.8 Å². The van der Waals surface area contributed by atoms with Gasteiger partial charge in [0.05, 0.1) is 12.2 Å². The van der Waals surface area contributed by atoms with Crippen LogP contribution in [-0.4, -0.2) is 23.2 Å². The summed E-state index contributed by atoms with van der Waals surface area (Å²) < 4.78 is 5.38. The molecular formula is C10H18N2O2. The minimum atomic E-state index is 0.0951. The van der Waals surface area contributed by atoms with Gasteiger partial charge in [-0.1, -0.05) is 6.92 Å².